The Hall–Kier alpha value is -2.08. The van der Waals surface area contributed by atoms with Crippen LogP contribution in [0.25, 0.3) is 10.1 Å². The summed E-state index contributed by atoms with van der Waals surface area (Å²) in [6, 6.07) is 6.99. The zero-order valence-corrected chi connectivity index (χ0v) is 12.2. The van der Waals surface area contributed by atoms with Gasteiger partial charge in [0.25, 0.3) is 0 Å². The Morgan fingerprint density at radius 1 is 1.30 bits per heavy atom. The van der Waals surface area contributed by atoms with E-state index in [0.29, 0.717) is 6.54 Å². The lowest BCUT2D eigenvalue weighted by Gasteiger charge is -2.14. The highest BCUT2D eigenvalue weighted by Gasteiger charge is 2.15. The first-order valence-electron chi connectivity index (χ1n) is 6.42. The van der Waals surface area contributed by atoms with E-state index >= 15 is 0 Å². The first kappa shape index (κ1) is 14.3. The van der Waals surface area contributed by atoms with Crippen LogP contribution in [0, 0.1) is 0 Å². The largest absolute Gasteiger partial charge is 0.374 e. The van der Waals surface area contributed by atoms with Crippen molar-refractivity contribution < 1.29 is 9.59 Å². The fourth-order valence-electron chi connectivity index (χ4n) is 1.80. The van der Waals surface area contributed by atoms with Gasteiger partial charge in [0.15, 0.2) is 0 Å². The van der Waals surface area contributed by atoms with Crippen molar-refractivity contribution in [2.45, 2.75) is 19.9 Å². The Kier molecular flexibility index (Phi) is 4.57. The predicted molar refractivity (Wildman–Crippen MR) is 82.1 cm³/mol. The number of thiophene rings is 1. The van der Waals surface area contributed by atoms with Crippen LogP contribution in [0.15, 0.2) is 29.6 Å². The van der Waals surface area contributed by atoms with Gasteiger partial charge in [-0.3, -0.25) is 10.1 Å². The summed E-state index contributed by atoms with van der Waals surface area (Å²) in [4.78, 5) is 23.1. The van der Waals surface area contributed by atoms with Gasteiger partial charge in [-0.05, 0) is 48.9 Å². The van der Waals surface area contributed by atoms with Crippen molar-refractivity contribution in [2.24, 2.45) is 0 Å². The average molecular weight is 291 g/mol. The van der Waals surface area contributed by atoms with Crippen LogP contribution >= 0.6 is 11.3 Å². The lowest BCUT2D eigenvalue weighted by atomic mass is 10.2. The summed E-state index contributed by atoms with van der Waals surface area (Å²) < 4.78 is 1.20. The molecular formula is C14H17N3O2S. The third-order valence-corrected chi connectivity index (χ3v) is 3.70. The average Bonchev–Trinajstić information content (AvgIpc) is 2.86. The van der Waals surface area contributed by atoms with E-state index in [1.807, 2.05) is 29.6 Å². The summed E-state index contributed by atoms with van der Waals surface area (Å²) in [5, 5.41) is 11.0. The number of carbonyl (C=O) groups is 2. The molecule has 0 spiro atoms. The molecule has 0 radical (unpaired) electrons. The van der Waals surface area contributed by atoms with Crippen molar-refractivity contribution in [3.8, 4) is 0 Å². The second-order valence-electron chi connectivity index (χ2n) is 4.39. The lowest BCUT2D eigenvalue weighted by Crippen LogP contribution is -2.45. The van der Waals surface area contributed by atoms with E-state index in [1.54, 1.807) is 25.2 Å². The number of anilines is 1. The summed E-state index contributed by atoms with van der Waals surface area (Å²) >= 11 is 1.68. The Balaban J connectivity index is 1.97. The summed E-state index contributed by atoms with van der Waals surface area (Å²) in [5.41, 5.74) is 0.856. The molecule has 3 N–H and O–H groups in total. The van der Waals surface area contributed by atoms with Crippen LogP contribution in [0.2, 0.25) is 0 Å². The SMILES string of the molecule is CCNC(=O)NC(=O)C(C)Nc1ccc2sccc2c1. The fraction of sp³-hybridized carbons (Fsp3) is 0.286. The lowest BCUT2D eigenvalue weighted by molar-refractivity contribution is -0.120. The van der Waals surface area contributed by atoms with Gasteiger partial charge in [0.2, 0.25) is 5.91 Å². The van der Waals surface area contributed by atoms with Crippen LogP contribution in [0.5, 0.6) is 0 Å². The molecule has 0 aliphatic carbocycles. The maximum absolute atomic E-state index is 11.8. The fourth-order valence-corrected chi connectivity index (χ4v) is 2.57. The van der Waals surface area contributed by atoms with E-state index in [2.05, 4.69) is 16.0 Å². The number of nitrogens with one attached hydrogen (secondary N) is 3. The molecule has 20 heavy (non-hydrogen) atoms. The second-order valence-corrected chi connectivity index (χ2v) is 5.34. The van der Waals surface area contributed by atoms with E-state index in [4.69, 9.17) is 0 Å². The molecule has 0 bridgehead atoms. The molecule has 1 unspecified atom stereocenters. The molecule has 0 saturated heterocycles. The highest BCUT2D eigenvalue weighted by Crippen LogP contribution is 2.24. The van der Waals surface area contributed by atoms with Crippen LogP contribution in [0.4, 0.5) is 10.5 Å². The van der Waals surface area contributed by atoms with E-state index in [1.165, 1.54) is 4.70 Å². The number of hydrogen-bond donors (Lipinski definition) is 3. The molecule has 5 nitrogen and oxygen atoms in total. The maximum atomic E-state index is 11.8. The summed E-state index contributed by atoms with van der Waals surface area (Å²) in [6.07, 6.45) is 0. The van der Waals surface area contributed by atoms with Gasteiger partial charge in [-0.15, -0.1) is 11.3 Å². The molecule has 1 heterocycles. The minimum atomic E-state index is -0.492. The van der Waals surface area contributed by atoms with Gasteiger partial charge >= 0.3 is 6.03 Å². The van der Waals surface area contributed by atoms with Crippen molar-refractivity contribution in [3.05, 3.63) is 29.6 Å². The maximum Gasteiger partial charge on any atom is 0.321 e. The molecule has 0 fully saturated rings. The zero-order valence-electron chi connectivity index (χ0n) is 11.4. The normalized spacial score (nSPS) is 11.9. The van der Waals surface area contributed by atoms with E-state index in [-0.39, 0.29) is 5.91 Å². The molecule has 0 saturated carbocycles. The predicted octanol–water partition coefficient (Wildman–Crippen LogP) is 2.55. The number of fused-ring (bicyclic) bond motifs is 1. The molecule has 0 aliphatic heterocycles. The molecule has 0 aliphatic rings. The number of rotatable bonds is 4. The molecular weight excluding hydrogens is 274 g/mol. The minimum absolute atomic E-state index is 0.360. The molecule has 106 valence electrons. The van der Waals surface area contributed by atoms with Crippen molar-refractivity contribution in [1.29, 1.82) is 0 Å². The van der Waals surface area contributed by atoms with Gasteiger partial charge < -0.3 is 10.6 Å². The van der Waals surface area contributed by atoms with Crippen LogP contribution in [0.3, 0.4) is 0 Å². The number of amides is 3. The van der Waals surface area contributed by atoms with Crippen LogP contribution in [-0.4, -0.2) is 24.5 Å². The Bertz CT molecular complexity index is 624. The second kappa shape index (κ2) is 6.38. The molecule has 2 rings (SSSR count). The molecule has 6 heteroatoms. The van der Waals surface area contributed by atoms with E-state index in [0.717, 1.165) is 11.1 Å². The molecule has 3 amide bonds. The first-order chi connectivity index (χ1) is 9.60. The number of hydrogen-bond acceptors (Lipinski definition) is 4. The Labute approximate surface area is 121 Å². The van der Waals surface area contributed by atoms with Crippen molar-refractivity contribution in [3.63, 3.8) is 0 Å². The van der Waals surface area contributed by atoms with Gasteiger partial charge in [-0.25, -0.2) is 4.79 Å². The molecule has 1 aromatic heterocycles. The van der Waals surface area contributed by atoms with Gasteiger partial charge in [0, 0.05) is 16.9 Å². The number of imide groups is 1. The summed E-state index contributed by atoms with van der Waals surface area (Å²) in [5.74, 6) is -0.360. The van der Waals surface area contributed by atoms with Gasteiger partial charge in [0.05, 0.1) is 0 Å². The van der Waals surface area contributed by atoms with Gasteiger partial charge in [-0.2, -0.15) is 0 Å². The first-order valence-corrected chi connectivity index (χ1v) is 7.30. The van der Waals surface area contributed by atoms with Crippen molar-refractivity contribution in [2.75, 3.05) is 11.9 Å². The van der Waals surface area contributed by atoms with Crippen LogP contribution < -0.4 is 16.0 Å². The van der Waals surface area contributed by atoms with Crippen molar-refractivity contribution >= 4 is 39.0 Å². The van der Waals surface area contributed by atoms with Crippen LogP contribution in [0.1, 0.15) is 13.8 Å². The zero-order chi connectivity index (χ0) is 14.5. The number of carbonyl (C=O) groups excluding carboxylic acids is 2. The highest BCUT2D eigenvalue weighted by molar-refractivity contribution is 7.17. The van der Waals surface area contributed by atoms with Crippen LogP contribution in [-0.2, 0) is 4.79 Å². The van der Waals surface area contributed by atoms with Gasteiger partial charge in [-0.1, -0.05) is 0 Å². The monoisotopic (exact) mass is 291 g/mol. The topological polar surface area (TPSA) is 70.2 Å². The molecule has 2 aromatic rings. The highest BCUT2D eigenvalue weighted by atomic mass is 32.1. The molecule has 1 atom stereocenters. The van der Waals surface area contributed by atoms with Gasteiger partial charge in [0.1, 0.15) is 6.04 Å². The number of benzene rings is 1. The number of urea groups is 1. The third-order valence-electron chi connectivity index (χ3n) is 2.80. The smallest absolute Gasteiger partial charge is 0.321 e. The van der Waals surface area contributed by atoms with E-state index < -0.39 is 12.1 Å². The van der Waals surface area contributed by atoms with Crippen molar-refractivity contribution in [1.82, 2.24) is 10.6 Å². The minimum Gasteiger partial charge on any atom is -0.374 e. The molecule has 1 aromatic carbocycles. The Morgan fingerprint density at radius 3 is 2.85 bits per heavy atom. The third kappa shape index (κ3) is 3.48. The quantitative estimate of drug-likeness (QED) is 0.810. The Morgan fingerprint density at radius 2 is 2.10 bits per heavy atom. The standard InChI is InChI=1S/C14H17N3O2S/c1-3-15-14(19)17-13(18)9(2)16-11-4-5-12-10(8-11)6-7-20-12/h4-9,16H,3H2,1-2H3,(H2,15,17,18,19). The summed E-state index contributed by atoms with van der Waals surface area (Å²) in [7, 11) is 0. The summed E-state index contributed by atoms with van der Waals surface area (Å²) in [6.45, 7) is 3.99. The van der Waals surface area contributed by atoms with E-state index in [9.17, 15) is 9.59 Å².